The zero-order valence-corrected chi connectivity index (χ0v) is 17.7. The Bertz CT molecular complexity index is 1160. The maximum Gasteiger partial charge on any atom is 0.230 e. The number of para-hydroxylation sites is 1. The summed E-state index contributed by atoms with van der Waals surface area (Å²) in [5.41, 5.74) is 2.13. The summed E-state index contributed by atoms with van der Waals surface area (Å²) in [6.07, 6.45) is 0.709. The number of hydrogen-bond donors (Lipinski definition) is 1. The van der Waals surface area contributed by atoms with Crippen molar-refractivity contribution in [3.63, 3.8) is 0 Å². The zero-order valence-electron chi connectivity index (χ0n) is 16.0. The molecule has 0 spiro atoms. The lowest BCUT2D eigenvalue weighted by molar-refractivity contribution is -0.118. The van der Waals surface area contributed by atoms with Gasteiger partial charge in [0, 0.05) is 6.54 Å². The molecule has 150 valence electrons. The van der Waals surface area contributed by atoms with Crippen LogP contribution in [0.4, 0.5) is 0 Å². The number of aromatic nitrogens is 3. The van der Waals surface area contributed by atoms with Crippen molar-refractivity contribution >= 4 is 44.2 Å². The van der Waals surface area contributed by atoms with Crippen molar-refractivity contribution in [2.45, 2.75) is 11.6 Å². The van der Waals surface area contributed by atoms with Crippen LogP contribution in [-0.2, 0) is 11.2 Å². The van der Waals surface area contributed by atoms with Crippen LogP contribution in [0.15, 0.2) is 47.6 Å². The summed E-state index contributed by atoms with van der Waals surface area (Å²) in [6.45, 7) is 0.547. The second kappa shape index (κ2) is 8.71. The van der Waals surface area contributed by atoms with Crippen molar-refractivity contribution in [3.8, 4) is 11.5 Å². The normalized spacial score (nSPS) is 11.1. The fourth-order valence-electron chi connectivity index (χ4n) is 3.01. The Kier molecular flexibility index (Phi) is 5.86. The molecule has 0 unspecified atom stereocenters. The number of ether oxygens (including phenoxy) is 2. The van der Waals surface area contributed by atoms with Gasteiger partial charge < -0.3 is 14.8 Å². The lowest BCUT2D eigenvalue weighted by Crippen LogP contribution is -2.27. The molecule has 0 radical (unpaired) electrons. The van der Waals surface area contributed by atoms with Crippen molar-refractivity contribution in [2.75, 3.05) is 26.5 Å². The minimum absolute atomic E-state index is 0.0354. The van der Waals surface area contributed by atoms with E-state index in [1.54, 1.807) is 25.6 Å². The molecule has 0 aliphatic rings. The van der Waals surface area contributed by atoms with Crippen LogP contribution < -0.4 is 14.8 Å². The van der Waals surface area contributed by atoms with E-state index in [0.29, 0.717) is 24.5 Å². The molecule has 4 aromatic rings. The van der Waals surface area contributed by atoms with E-state index >= 15 is 0 Å². The Morgan fingerprint density at radius 3 is 2.79 bits per heavy atom. The third-order valence-electron chi connectivity index (χ3n) is 4.43. The number of thioether (sulfide) groups is 1. The molecule has 0 saturated heterocycles. The molecule has 0 bridgehead atoms. The number of amides is 1. The number of rotatable bonds is 8. The van der Waals surface area contributed by atoms with Gasteiger partial charge in [-0.2, -0.15) is 0 Å². The molecule has 1 amide bonds. The van der Waals surface area contributed by atoms with Crippen LogP contribution in [-0.4, -0.2) is 47.0 Å². The summed E-state index contributed by atoms with van der Waals surface area (Å²) in [5, 5.41) is 12.1. The zero-order chi connectivity index (χ0) is 20.2. The number of nitrogens with zero attached hydrogens (tertiary/aromatic N) is 3. The molecule has 2 aromatic carbocycles. The van der Waals surface area contributed by atoms with E-state index in [2.05, 4.69) is 21.6 Å². The van der Waals surface area contributed by atoms with Gasteiger partial charge in [-0.1, -0.05) is 41.3 Å². The number of hydrogen-bond acceptors (Lipinski definition) is 7. The maximum absolute atomic E-state index is 12.3. The number of thiazole rings is 1. The van der Waals surface area contributed by atoms with Crippen LogP contribution in [0.5, 0.6) is 11.5 Å². The number of carbonyl (C=O) groups excluding carboxylic acids is 1. The maximum atomic E-state index is 12.3. The van der Waals surface area contributed by atoms with E-state index in [1.807, 2.05) is 40.8 Å². The van der Waals surface area contributed by atoms with E-state index in [4.69, 9.17) is 9.47 Å². The monoisotopic (exact) mass is 428 g/mol. The highest BCUT2D eigenvalue weighted by atomic mass is 32.2. The van der Waals surface area contributed by atoms with Crippen molar-refractivity contribution in [1.29, 1.82) is 0 Å². The first-order chi connectivity index (χ1) is 14.2. The molecule has 2 aromatic heterocycles. The highest BCUT2D eigenvalue weighted by Crippen LogP contribution is 2.29. The van der Waals surface area contributed by atoms with E-state index in [0.717, 1.165) is 25.9 Å². The molecule has 9 heteroatoms. The smallest absolute Gasteiger partial charge is 0.230 e. The summed E-state index contributed by atoms with van der Waals surface area (Å²) in [7, 11) is 3.22. The molecule has 0 atom stereocenters. The second-order valence-electron chi connectivity index (χ2n) is 6.25. The lowest BCUT2D eigenvalue weighted by Gasteiger charge is -2.10. The number of benzene rings is 2. The van der Waals surface area contributed by atoms with Crippen LogP contribution in [0.25, 0.3) is 15.2 Å². The van der Waals surface area contributed by atoms with E-state index < -0.39 is 0 Å². The minimum atomic E-state index is -0.0354. The van der Waals surface area contributed by atoms with Gasteiger partial charge in [0.25, 0.3) is 0 Å². The van der Waals surface area contributed by atoms with E-state index in [9.17, 15) is 4.79 Å². The molecular weight excluding hydrogens is 408 g/mol. The number of methoxy groups -OCH3 is 2. The van der Waals surface area contributed by atoms with Crippen LogP contribution >= 0.6 is 23.1 Å². The quantitative estimate of drug-likeness (QED) is 0.434. The first-order valence-electron chi connectivity index (χ1n) is 9.02. The summed E-state index contributed by atoms with van der Waals surface area (Å²) >= 11 is 2.98. The molecule has 4 rings (SSSR count). The molecule has 0 saturated carbocycles. The highest BCUT2D eigenvalue weighted by molar-refractivity contribution is 7.99. The Hall–Kier alpha value is -2.78. The standard InChI is InChI=1S/C20H20N4O3S2/c1-26-15-8-7-13(11-16(15)27-2)9-10-21-18(25)12-28-19-22-23-20-24(19)14-5-3-4-6-17(14)29-20/h3-8,11H,9-10,12H2,1-2H3,(H,21,25). The Morgan fingerprint density at radius 1 is 1.14 bits per heavy atom. The van der Waals surface area contributed by atoms with E-state index in [-0.39, 0.29) is 11.7 Å². The Morgan fingerprint density at radius 2 is 1.97 bits per heavy atom. The summed E-state index contributed by atoms with van der Waals surface area (Å²) < 4.78 is 13.7. The van der Waals surface area contributed by atoms with Crippen molar-refractivity contribution < 1.29 is 14.3 Å². The SMILES string of the molecule is COc1ccc(CCNC(=O)CSc2nnc3sc4ccccc4n23)cc1OC. The number of carbonyl (C=O) groups is 1. The number of nitrogens with one attached hydrogen (secondary N) is 1. The van der Waals surface area contributed by atoms with Gasteiger partial charge in [-0.25, -0.2) is 0 Å². The summed E-state index contributed by atoms with van der Waals surface area (Å²) in [6, 6.07) is 13.9. The van der Waals surface area contributed by atoms with Crippen LogP contribution in [0.2, 0.25) is 0 Å². The van der Waals surface area contributed by atoms with Gasteiger partial charge in [-0.15, -0.1) is 10.2 Å². The fraction of sp³-hybridized carbons (Fsp3) is 0.250. The first kappa shape index (κ1) is 19.5. The molecule has 1 N–H and O–H groups in total. The Labute approximate surface area is 176 Å². The predicted octanol–water partition coefficient (Wildman–Crippen LogP) is 3.41. The van der Waals surface area contributed by atoms with Gasteiger partial charge >= 0.3 is 0 Å². The Balaban J connectivity index is 1.32. The van der Waals surface area contributed by atoms with Gasteiger partial charge in [-0.3, -0.25) is 9.20 Å². The third-order valence-corrected chi connectivity index (χ3v) is 6.37. The largest absolute Gasteiger partial charge is 0.493 e. The summed E-state index contributed by atoms with van der Waals surface area (Å²) in [5.74, 6) is 1.63. The minimum Gasteiger partial charge on any atom is -0.493 e. The average molecular weight is 429 g/mol. The fourth-order valence-corrected chi connectivity index (χ4v) is 4.81. The van der Waals surface area contributed by atoms with Gasteiger partial charge in [0.1, 0.15) is 0 Å². The lowest BCUT2D eigenvalue weighted by atomic mass is 10.1. The van der Waals surface area contributed by atoms with Crippen LogP contribution in [0, 0.1) is 0 Å². The number of fused-ring (bicyclic) bond motifs is 3. The molecule has 7 nitrogen and oxygen atoms in total. The van der Waals surface area contributed by atoms with Crippen molar-refractivity contribution in [1.82, 2.24) is 19.9 Å². The van der Waals surface area contributed by atoms with Gasteiger partial charge in [-0.05, 0) is 36.2 Å². The third kappa shape index (κ3) is 4.15. The predicted molar refractivity (Wildman–Crippen MR) is 115 cm³/mol. The molecule has 2 heterocycles. The van der Waals surface area contributed by atoms with Gasteiger partial charge in [0.05, 0.1) is 30.2 Å². The average Bonchev–Trinajstić information content (AvgIpc) is 3.31. The molecule has 0 fully saturated rings. The van der Waals surface area contributed by atoms with Gasteiger partial charge in [0.2, 0.25) is 10.9 Å². The molecule has 0 aliphatic carbocycles. The van der Waals surface area contributed by atoms with Crippen molar-refractivity contribution in [3.05, 3.63) is 48.0 Å². The first-order valence-corrected chi connectivity index (χ1v) is 10.8. The second-order valence-corrected chi connectivity index (χ2v) is 8.20. The molecule has 29 heavy (non-hydrogen) atoms. The van der Waals surface area contributed by atoms with Crippen molar-refractivity contribution in [2.24, 2.45) is 0 Å². The molecular formula is C20H20N4O3S2. The summed E-state index contributed by atoms with van der Waals surface area (Å²) in [4.78, 5) is 13.1. The molecule has 0 aliphatic heterocycles. The van der Waals surface area contributed by atoms with Crippen LogP contribution in [0.3, 0.4) is 0 Å². The highest BCUT2D eigenvalue weighted by Gasteiger charge is 2.14. The van der Waals surface area contributed by atoms with Gasteiger partial charge in [0.15, 0.2) is 16.7 Å². The topological polar surface area (TPSA) is 77.8 Å². The van der Waals surface area contributed by atoms with Crippen LogP contribution in [0.1, 0.15) is 5.56 Å². The van der Waals surface area contributed by atoms with E-state index in [1.165, 1.54) is 11.8 Å².